The minimum absolute atomic E-state index is 0.0643. The second-order valence-electron chi connectivity index (χ2n) is 8.98. The molecule has 0 radical (unpaired) electrons. The van der Waals surface area contributed by atoms with E-state index in [4.69, 9.17) is 5.41 Å². The minimum atomic E-state index is -1.16. The summed E-state index contributed by atoms with van der Waals surface area (Å²) in [6, 6.07) is 34.5. The van der Waals surface area contributed by atoms with Crippen LogP contribution in [0.15, 0.2) is 109 Å². The van der Waals surface area contributed by atoms with Gasteiger partial charge in [0.25, 0.3) is 11.8 Å². The number of carbonyl (C=O) groups is 2. The molecule has 0 unspecified atom stereocenters. The van der Waals surface area contributed by atoms with Gasteiger partial charge in [0.05, 0.1) is 6.54 Å². The number of amides is 2. The van der Waals surface area contributed by atoms with E-state index in [0.29, 0.717) is 12.1 Å². The van der Waals surface area contributed by atoms with Crippen LogP contribution in [0.25, 0.3) is 11.1 Å². The molecule has 5 rings (SSSR count). The highest BCUT2D eigenvalue weighted by atomic mass is 16.2. The third-order valence-electron chi connectivity index (χ3n) is 6.64. The lowest BCUT2D eigenvalue weighted by Crippen LogP contribution is -2.45. The van der Waals surface area contributed by atoms with Gasteiger partial charge in [0.15, 0.2) is 11.5 Å². The molecule has 0 saturated carbocycles. The topological polar surface area (TPSA) is 85.3 Å². The zero-order valence-electron chi connectivity index (χ0n) is 20.6. The predicted octanol–water partition coefficient (Wildman–Crippen LogP) is 4.91. The van der Waals surface area contributed by atoms with E-state index in [2.05, 4.69) is 10.6 Å². The van der Waals surface area contributed by atoms with Crippen molar-refractivity contribution in [3.63, 3.8) is 0 Å². The lowest BCUT2D eigenvalue weighted by Gasteiger charge is -2.28. The Morgan fingerprint density at radius 2 is 1.46 bits per heavy atom. The lowest BCUT2D eigenvalue weighted by molar-refractivity contribution is -0.130. The Morgan fingerprint density at radius 1 is 0.838 bits per heavy atom. The Morgan fingerprint density at radius 3 is 2.05 bits per heavy atom. The number of carbonyl (C=O) groups excluding carboxylic acids is 2. The zero-order valence-corrected chi connectivity index (χ0v) is 20.6. The highest BCUT2D eigenvalue weighted by Crippen LogP contribution is 2.36. The molecule has 1 saturated heterocycles. The molecule has 4 aromatic rings. The van der Waals surface area contributed by atoms with E-state index in [1.165, 1.54) is 4.90 Å². The highest BCUT2D eigenvalue weighted by molar-refractivity contribution is 6.10. The normalized spacial score (nSPS) is 14.4. The fourth-order valence-electron chi connectivity index (χ4n) is 4.80. The fraction of sp³-hybridized carbons (Fsp3) is 0.129. The van der Waals surface area contributed by atoms with Crippen LogP contribution in [-0.4, -0.2) is 29.2 Å². The zero-order chi connectivity index (χ0) is 25.8. The maximum Gasteiger partial charge on any atom is 0.264 e. The Hall–Kier alpha value is -4.71. The van der Waals surface area contributed by atoms with Crippen LogP contribution in [0.4, 0.5) is 0 Å². The molecule has 0 spiro atoms. The maximum atomic E-state index is 14.0. The van der Waals surface area contributed by atoms with Gasteiger partial charge in [0.2, 0.25) is 0 Å². The predicted molar refractivity (Wildman–Crippen MR) is 145 cm³/mol. The van der Waals surface area contributed by atoms with Gasteiger partial charge in [-0.05, 0) is 52.9 Å². The Balaban J connectivity index is 1.44. The number of benzene rings is 4. The van der Waals surface area contributed by atoms with Crippen LogP contribution in [0.1, 0.15) is 34.0 Å². The standard InChI is InChI=1S/C31H28N4O2/c1-2-33-28(36)24-18-16-23(17-19-24)25-11-9-10-22(20-25)21-35-29(37)31(34-30(35)32,26-12-5-3-6-13-26)27-14-7-4-8-15-27/h3-20H,2,21H2,1H3,(H2,32,34)(H,33,36). The number of guanidine groups is 1. The average Bonchev–Trinajstić information content (AvgIpc) is 3.20. The van der Waals surface area contributed by atoms with E-state index >= 15 is 0 Å². The van der Waals surface area contributed by atoms with Gasteiger partial charge in [-0.25, -0.2) is 0 Å². The Bertz CT molecular complexity index is 1390. The Kier molecular flexibility index (Phi) is 6.56. The summed E-state index contributed by atoms with van der Waals surface area (Å²) in [4.78, 5) is 27.6. The molecule has 4 aromatic carbocycles. The van der Waals surface area contributed by atoms with E-state index in [-0.39, 0.29) is 24.3 Å². The van der Waals surface area contributed by atoms with Crippen molar-refractivity contribution in [3.05, 3.63) is 131 Å². The molecule has 6 heteroatoms. The summed E-state index contributed by atoms with van der Waals surface area (Å²) in [6.45, 7) is 2.73. The van der Waals surface area contributed by atoms with Crippen molar-refractivity contribution in [1.29, 1.82) is 5.41 Å². The van der Waals surface area contributed by atoms with Gasteiger partial charge in [-0.2, -0.15) is 0 Å². The largest absolute Gasteiger partial charge is 0.352 e. The van der Waals surface area contributed by atoms with Gasteiger partial charge >= 0.3 is 0 Å². The first-order valence-corrected chi connectivity index (χ1v) is 12.3. The molecule has 1 aliphatic heterocycles. The maximum absolute atomic E-state index is 14.0. The molecule has 0 bridgehead atoms. The molecule has 2 amide bonds. The van der Waals surface area contributed by atoms with Crippen LogP contribution < -0.4 is 10.6 Å². The van der Waals surface area contributed by atoms with Crippen LogP contribution in [0.2, 0.25) is 0 Å². The van der Waals surface area contributed by atoms with Crippen LogP contribution in [0.5, 0.6) is 0 Å². The molecular formula is C31H28N4O2. The molecule has 1 fully saturated rings. The fourth-order valence-corrected chi connectivity index (χ4v) is 4.80. The average molecular weight is 489 g/mol. The summed E-state index contributed by atoms with van der Waals surface area (Å²) < 4.78 is 0. The van der Waals surface area contributed by atoms with Crippen molar-refractivity contribution in [3.8, 4) is 11.1 Å². The third kappa shape index (κ3) is 4.49. The van der Waals surface area contributed by atoms with Crippen LogP contribution in [-0.2, 0) is 16.9 Å². The minimum Gasteiger partial charge on any atom is -0.352 e. The summed E-state index contributed by atoms with van der Waals surface area (Å²) in [6.07, 6.45) is 0. The third-order valence-corrected chi connectivity index (χ3v) is 6.64. The van der Waals surface area contributed by atoms with Crippen molar-refractivity contribution < 1.29 is 9.59 Å². The van der Waals surface area contributed by atoms with Gasteiger partial charge in [0.1, 0.15) is 0 Å². The molecule has 1 aliphatic rings. The molecule has 0 aromatic heterocycles. The number of nitrogens with one attached hydrogen (secondary N) is 3. The first-order chi connectivity index (χ1) is 18.0. The summed E-state index contributed by atoms with van der Waals surface area (Å²) in [5.74, 6) is -0.220. The van der Waals surface area contributed by atoms with Gasteiger partial charge in [0, 0.05) is 12.1 Å². The van der Waals surface area contributed by atoms with Crippen molar-refractivity contribution in [2.75, 3.05) is 6.54 Å². The van der Waals surface area contributed by atoms with Gasteiger partial charge in [-0.1, -0.05) is 91.0 Å². The van der Waals surface area contributed by atoms with Crippen molar-refractivity contribution in [1.82, 2.24) is 15.5 Å². The Labute approximate surface area is 216 Å². The van der Waals surface area contributed by atoms with E-state index < -0.39 is 5.54 Å². The van der Waals surface area contributed by atoms with E-state index in [1.54, 1.807) is 0 Å². The summed E-state index contributed by atoms with van der Waals surface area (Å²) >= 11 is 0. The summed E-state index contributed by atoms with van der Waals surface area (Å²) in [5.41, 5.74) is 3.89. The number of hydrogen-bond acceptors (Lipinski definition) is 3. The number of rotatable bonds is 7. The van der Waals surface area contributed by atoms with Crippen molar-refractivity contribution >= 4 is 17.8 Å². The van der Waals surface area contributed by atoms with Crippen LogP contribution in [0.3, 0.4) is 0 Å². The SMILES string of the molecule is CCNC(=O)c1ccc(-c2cccc(CN3C(=N)NC(c4ccccc4)(c4ccccc4)C3=O)c2)cc1. The molecule has 3 N–H and O–H groups in total. The summed E-state index contributed by atoms with van der Waals surface area (Å²) in [7, 11) is 0. The lowest BCUT2D eigenvalue weighted by atomic mass is 9.82. The first kappa shape index (κ1) is 24.0. The first-order valence-electron chi connectivity index (χ1n) is 12.3. The molecule has 6 nitrogen and oxygen atoms in total. The molecule has 37 heavy (non-hydrogen) atoms. The van der Waals surface area contributed by atoms with E-state index in [0.717, 1.165) is 27.8 Å². The monoisotopic (exact) mass is 488 g/mol. The molecule has 1 heterocycles. The molecule has 0 atom stereocenters. The smallest absolute Gasteiger partial charge is 0.264 e. The van der Waals surface area contributed by atoms with Crippen LogP contribution in [0, 0.1) is 5.41 Å². The second kappa shape index (κ2) is 10.1. The molecule has 0 aliphatic carbocycles. The van der Waals surface area contributed by atoms with Gasteiger partial charge in [-0.3, -0.25) is 19.9 Å². The second-order valence-corrected chi connectivity index (χ2v) is 8.98. The van der Waals surface area contributed by atoms with Gasteiger partial charge in [-0.15, -0.1) is 0 Å². The molecule has 184 valence electrons. The van der Waals surface area contributed by atoms with E-state index in [9.17, 15) is 9.59 Å². The summed E-state index contributed by atoms with van der Waals surface area (Å²) in [5, 5.41) is 14.7. The quantitative estimate of drug-likeness (QED) is 0.345. The van der Waals surface area contributed by atoms with Crippen molar-refractivity contribution in [2.24, 2.45) is 0 Å². The number of hydrogen-bond donors (Lipinski definition) is 3. The van der Waals surface area contributed by atoms with Crippen molar-refractivity contribution in [2.45, 2.75) is 19.0 Å². The highest BCUT2D eigenvalue weighted by Gasteiger charge is 2.52. The van der Waals surface area contributed by atoms with E-state index in [1.807, 2.05) is 116 Å². The van der Waals surface area contributed by atoms with Crippen LogP contribution >= 0.6 is 0 Å². The number of nitrogens with zero attached hydrogens (tertiary/aromatic N) is 1. The molecular weight excluding hydrogens is 460 g/mol. The van der Waals surface area contributed by atoms with Gasteiger partial charge < -0.3 is 10.6 Å².